The Morgan fingerprint density at radius 2 is 1.53 bits per heavy atom. The Hall–Kier alpha value is -3.56. The average Bonchev–Trinajstić information content (AvgIpc) is 2.95. The summed E-state index contributed by atoms with van der Waals surface area (Å²) in [4.78, 5) is 17.4. The molecule has 0 spiro atoms. The lowest BCUT2D eigenvalue weighted by Crippen LogP contribution is -2.52. The molecule has 0 N–H and O–H groups in total. The SMILES string of the molecule is COc1ccccc1N1CCN(C(=O)CN(CCc2ccccc2)S(=O)(=O)c2cc(C)ccc2OC)CC1. The van der Waals surface area contributed by atoms with Crippen molar-refractivity contribution in [3.8, 4) is 11.5 Å². The second kappa shape index (κ2) is 12.3. The van der Waals surface area contributed by atoms with E-state index in [0.717, 1.165) is 22.6 Å². The summed E-state index contributed by atoms with van der Waals surface area (Å²) < 4.78 is 39.9. The fourth-order valence-corrected chi connectivity index (χ4v) is 6.28. The molecule has 8 nitrogen and oxygen atoms in total. The second-order valence-corrected chi connectivity index (χ2v) is 11.2. The van der Waals surface area contributed by atoms with Gasteiger partial charge in [0.1, 0.15) is 16.4 Å². The number of methoxy groups -OCH3 is 2. The number of hydrogen-bond acceptors (Lipinski definition) is 6. The number of hydrogen-bond donors (Lipinski definition) is 0. The first-order valence-corrected chi connectivity index (χ1v) is 14.1. The molecule has 1 aliphatic rings. The van der Waals surface area contributed by atoms with Crippen LogP contribution in [0.15, 0.2) is 77.7 Å². The van der Waals surface area contributed by atoms with Gasteiger partial charge in [-0.1, -0.05) is 48.5 Å². The number of nitrogens with zero attached hydrogens (tertiary/aromatic N) is 3. The third-order valence-corrected chi connectivity index (χ3v) is 8.67. The van der Waals surface area contributed by atoms with Gasteiger partial charge in [0, 0.05) is 32.7 Å². The lowest BCUT2D eigenvalue weighted by atomic mass is 10.1. The van der Waals surface area contributed by atoms with Crippen LogP contribution in [0, 0.1) is 6.92 Å². The van der Waals surface area contributed by atoms with Crippen LogP contribution in [0.25, 0.3) is 0 Å². The normalized spacial score (nSPS) is 14.0. The Labute approximate surface area is 225 Å². The predicted octanol–water partition coefficient (Wildman–Crippen LogP) is 3.59. The van der Waals surface area contributed by atoms with Gasteiger partial charge in [-0.3, -0.25) is 4.79 Å². The van der Waals surface area contributed by atoms with Crippen molar-refractivity contribution in [1.29, 1.82) is 0 Å². The quantitative estimate of drug-likeness (QED) is 0.393. The lowest BCUT2D eigenvalue weighted by Gasteiger charge is -2.37. The standard InChI is InChI=1S/C29H35N3O5S/c1-23-13-14-27(37-3)28(21-23)38(34,35)32(16-15-24-9-5-4-6-10-24)22-29(33)31-19-17-30(18-20-31)25-11-7-8-12-26(25)36-2/h4-14,21H,15-20,22H2,1-3H3. The number of para-hydroxylation sites is 2. The van der Waals surface area contributed by atoms with Crippen molar-refractivity contribution in [2.24, 2.45) is 0 Å². The van der Waals surface area contributed by atoms with Gasteiger partial charge in [0.25, 0.3) is 0 Å². The molecule has 38 heavy (non-hydrogen) atoms. The van der Waals surface area contributed by atoms with E-state index in [9.17, 15) is 13.2 Å². The van der Waals surface area contributed by atoms with Gasteiger partial charge in [0.15, 0.2) is 0 Å². The molecule has 0 unspecified atom stereocenters. The van der Waals surface area contributed by atoms with Crippen LogP contribution in [0.3, 0.4) is 0 Å². The van der Waals surface area contributed by atoms with E-state index in [0.29, 0.717) is 32.6 Å². The number of sulfonamides is 1. The van der Waals surface area contributed by atoms with Crippen LogP contribution >= 0.6 is 0 Å². The smallest absolute Gasteiger partial charge is 0.247 e. The lowest BCUT2D eigenvalue weighted by molar-refractivity contribution is -0.131. The molecule has 1 saturated heterocycles. The van der Waals surface area contributed by atoms with Gasteiger partial charge in [0.05, 0.1) is 26.5 Å². The number of benzene rings is 3. The van der Waals surface area contributed by atoms with Gasteiger partial charge in [-0.05, 0) is 48.7 Å². The number of aryl methyl sites for hydroxylation is 1. The molecule has 0 atom stereocenters. The molecular weight excluding hydrogens is 502 g/mol. The maximum atomic E-state index is 13.9. The van der Waals surface area contributed by atoms with Crippen LogP contribution in [-0.2, 0) is 21.2 Å². The summed E-state index contributed by atoms with van der Waals surface area (Å²) >= 11 is 0. The molecule has 0 bridgehead atoms. The summed E-state index contributed by atoms with van der Waals surface area (Å²) in [6.07, 6.45) is 0.489. The highest BCUT2D eigenvalue weighted by atomic mass is 32.2. The molecule has 0 radical (unpaired) electrons. The summed E-state index contributed by atoms with van der Waals surface area (Å²) in [5.74, 6) is 0.837. The van der Waals surface area contributed by atoms with E-state index in [4.69, 9.17) is 9.47 Å². The molecule has 1 heterocycles. The molecule has 1 amide bonds. The van der Waals surface area contributed by atoms with E-state index < -0.39 is 10.0 Å². The number of anilines is 1. The molecule has 0 aromatic heterocycles. The molecule has 202 valence electrons. The molecular formula is C29H35N3O5S. The van der Waals surface area contributed by atoms with E-state index in [1.807, 2.05) is 61.5 Å². The summed E-state index contributed by atoms with van der Waals surface area (Å²) in [7, 11) is -0.905. The van der Waals surface area contributed by atoms with Gasteiger partial charge in [-0.25, -0.2) is 8.42 Å². The zero-order chi connectivity index (χ0) is 27.1. The molecule has 9 heteroatoms. The minimum Gasteiger partial charge on any atom is -0.495 e. The minimum atomic E-state index is -4.00. The first-order valence-electron chi connectivity index (χ1n) is 12.7. The van der Waals surface area contributed by atoms with Gasteiger partial charge >= 0.3 is 0 Å². The molecule has 1 fully saturated rings. The Kier molecular flexibility index (Phi) is 8.91. The van der Waals surface area contributed by atoms with Crippen molar-refractivity contribution in [3.05, 3.63) is 83.9 Å². The average molecular weight is 538 g/mol. The summed E-state index contributed by atoms with van der Waals surface area (Å²) in [5, 5.41) is 0. The van der Waals surface area contributed by atoms with E-state index in [2.05, 4.69) is 4.90 Å². The van der Waals surface area contributed by atoms with Crippen molar-refractivity contribution in [3.63, 3.8) is 0 Å². The third kappa shape index (κ3) is 6.28. The van der Waals surface area contributed by atoms with Crippen molar-refractivity contribution in [2.75, 3.05) is 58.4 Å². The Morgan fingerprint density at radius 3 is 2.21 bits per heavy atom. The van der Waals surface area contributed by atoms with Crippen LogP contribution in [-0.4, -0.2) is 77.0 Å². The topological polar surface area (TPSA) is 79.4 Å². The van der Waals surface area contributed by atoms with E-state index in [-0.39, 0.29) is 29.6 Å². The first-order chi connectivity index (χ1) is 18.3. The van der Waals surface area contributed by atoms with E-state index in [1.54, 1.807) is 30.2 Å². The minimum absolute atomic E-state index is 0.0712. The van der Waals surface area contributed by atoms with Crippen LogP contribution in [0.4, 0.5) is 5.69 Å². The molecule has 1 aliphatic heterocycles. The van der Waals surface area contributed by atoms with Crippen LogP contribution in [0.2, 0.25) is 0 Å². The number of carbonyl (C=O) groups excluding carboxylic acids is 1. The predicted molar refractivity (Wildman–Crippen MR) is 148 cm³/mol. The fraction of sp³-hybridized carbons (Fsp3) is 0.345. The van der Waals surface area contributed by atoms with Gasteiger partial charge in [-0.2, -0.15) is 4.31 Å². The highest BCUT2D eigenvalue weighted by Crippen LogP contribution is 2.30. The molecule has 0 saturated carbocycles. The van der Waals surface area contributed by atoms with Crippen molar-refractivity contribution >= 4 is 21.6 Å². The Morgan fingerprint density at radius 1 is 0.868 bits per heavy atom. The Bertz CT molecular complexity index is 1340. The summed E-state index contributed by atoms with van der Waals surface area (Å²) in [6.45, 7) is 4.04. The summed E-state index contributed by atoms with van der Waals surface area (Å²) in [5.41, 5.74) is 2.79. The number of rotatable bonds is 10. The van der Waals surface area contributed by atoms with Crippen molar-refractivity contribution < 1.29 is 22.7 Å². The molecule has 4 rings (SSSR count). The highest BCUT2D eigenvalue weighted by Gasteiger charge is 2.32. The molecule has 3 aromatic rings. The monoisotopic (exact) mass is 537 g/mol. The van der Waals surface area contributed by atoms with Gasteiger partial charge in [0.2, 0.25) is 15.9 Å². The zero-order valence-corrected chi connectivity index (χ0v) is 23.0. The van der Waals surface area contributed by atoms with Gasteiger partial charge in [-0.15, -0.1) is 0 Å². The van der Waals surface area contributed by atoms with Crippen LogP contribution < -0.4 is 14.4 Å². The van der Waals surface area contributed by atoms with E-state index >= 15 is 0 Å². The number of piperazine rings is 1. The van der Waals surface area contributed by atoms with Crippen molar-refractivity contribution in [1.82, 2.24) is 9.21 Å². The van der Waals surface area contributed by atoms with Crippen LogP contribution in [0.1, 0.15) is 11.1 Å². The maximum Gasteiger partial charge on any atom is 0.247 e. The first kappa shape index (κ1) is 27.5. The summed E-state index contributed by atoms with van der Waals surface area (Å²) in [6, 6.07) is 22.5. The number of carbonyl (C=O) groups is 1. The van der Waals surface area contributed by atoms with Crippen LogP contribution in [0.5, 0.6) is 11.5 Å². The maximum absolute atomic E-state index is 13.9. The largest absolute Gasteiger partial charge is 0.495 e. The molecule has 3 aromatic carbocycles. The number of amides is 1. The zero-order valence-electron chi connectivity index (χ0n) is 22.2. The number of ether oxygens (including phenoxy) is 2. The van der Waals surface area contributed by atoms with Crippen molar-refractivity contribution in [2.45, 2.75) is 18.2 Å². The van der Waals surface area contributed by atoms with E-state index in [1.165, 1.54) is 11.4 Å². The fourth-order valence-electron chi connectivity index (χ4n) is 4.65. The molecule has 0 aliphatic carbocycles. The highest BCUT2D eigenvalue weighted by molar-refractivity contribution is 7.89. The van der Waals surface area contributed by atoms with Gasteiger partial charge < -0.3 is 19.3 Å². The third-order valence-electron chi connectivity index (χ3n) is 6.80. The second-order valence-electron chi connectivity index (χ2n) is 9.27. The Balaban J connectivity index is 1.52.